The molecule has 25 heavy (non-hydrogen) atoms. The summed E-state index contributed by atoms with van der Waals surface area (Å²) in [7, 11) is 0. The van der Waals surface area contributed by atoms with E-state index in [9.17, 15) is 4.79 Å². The molecule has 0 radical (unpaired) electrons. The topological polar surface area (TPSA) is 89.1 Å². The summed E-state index contributed by atoms with van der Waals surface area (Å²) in [6.45, 7) is 0. The molecule has 1 aromatic carbocycles. The Bertz CT molecular complexity index is 768. The van der Waals surface area contributed by atoms with Crippen LogP contribution in [-0.4, -0.2) is 26.0 Å². The third kappa shape index (κ3) is 4.39. The molecule has 130 valence electrons. The van der Waals surface area contributed by atoms with Crippen LogP contribution in [-0.2, 0) is 4.79 Å². The fourth-order valence-corrected chi connectivity index (χ4v) is 3.60. The Labute approximate surface area is 152 Å². The standard InChI is InChI=1S/C19H21N3O2S/c20-19(25)17-11-21-10-16(22-17)15-7-5-14(6-8-15)13-3-1-12(2-4-13)9-18(23)24/h5-8,10-13H,1-4,9H2,(H2,20,25)(H,23,24)/t12-,13-. The lowest BCUT2D eigenvalue weighted by Crippen LogP contribution is -2.16. The van der Waals surface area contributed by atoms with Gasteiger partial charge in [-0.1, -0.05) is 36.5 Å². The van der Waals surface area contributed by atoms with Gasteiger partial charge in [-0.05, 0) is 43.1 Å². The number of benzene rings is 1. The number of nitrogens with zero attached hydrogens (tertiary/aromatic N) is 2. The van der Waals surface area contributed by atoms with Gasteiger partial charge in [0.2, 0.25) is 0 Å². The van der Waals surface area contributed by atoms with Crippen LogP contribution >= 0.6 is 12.2 Å². The highest BCUT2D eigenvalue weighted by molar-refractivity contribution is 7.80. The molecule has 2 aromatic rings. The molecule has 0 bridgehead atoms. The number of carbonyl (C=O) groups is 1. The predicted molar refractivity (Wildman–Crippen MR) is 100 cm³/mol. The van der Waals surface area contributed by atoms with Crippen LogP contribution in [0.3, 0.4) is 0 Å². The molecule has 1 aliphatic rings. The molecule has 1 saturated carbocycles. The molecule has 6 heteroatoms. The lowest BCUT2D eigenvalue weighted by Gasteiger charge is -2.28. The van der Waals surface area contributed by atoms with E-state index in [1.165, 1.54) is 5.56 Å². The monoisotopic (exact) mass is 355 g/mol. The van der Waals surface area contributed by atoms with Gasteiger partial charge in [-0.2, -0.15) is 0 Å². The van der Waals surface area contributed by atoms with Gasteiger partial charge in [0.25, 0.3) is 0 Å². The highest BCUT2D eigenvalue weighted by atomic mass is 32.1. The van der Waals surface area contributed by atoms with Crippen LogP contribution in [0.15, 0.2) is 36.7 Å². The van der Waals surface area contributed by atoms with Gasteiger partial charge < -0.3 is 10.8 Å². The van der Waals surface area contributed by atoms with Crippen LogP contribution in [0, 0.1) is 5.92 Å². The summed E-state index contributed by atoms with van der Waals surface area (Å²) < 4.78 is 0. The lowest BCUT2D eigenvalue weighted by atomic mass is 9.77. The highest BCUT2D eigenvalue weighted by Gasteiger charge is 2.23. The summed E-state index contributed by atoms with van der Waals surface area (Å²) >= 11 is 4.95. The van der Waals surface area contributed by atoms with Gasteiger partial charge in [0.1, 0.15) is 10.7 Å². The highest BCUT2D eigenvalue weighted by Crippen LogP contribution is 2.37. The van der Waals surface area contributed by atoms with E-state index >= 15 is 0 Å². The molecule has 0 amide bonds. The van der Waals surface area contributed by atoms with E-state index in [0.29, 0.717) is 24.0 Å². The number of rotatable bonds is 5. The minimum absolute atomic E-state index is 0.240. The number of carboxylic acid groups (broad SMARTS) is 1. The van der Waals surface area contributed by atoms with E-state index in [2.05, 4.69) is 22.1 Å². The van der Waals surface area contributed by atoms with Crippen LogP contribution < -0.4 is 5.73 Å². The van der Waals surface area contributed by atoms with E-state index in [0.717, 1.165) is 36.9 Å². The Kier molecular flexibility index (Phi) is 5.38. The lowest BCUT2D eigenvalue weighted by molar-refractivity contribution is -0.138. The summed E-state index contributed by atoms with van der Waals surface area (Å²) in [5.74, 6) is 0.146. The molecule has 0 saturated heterocycles. The summed E-state index contributed by atoms with van der Waals surface area (Å²) in [6.07, 6.45) is 7.63. The first-order valence-corrected chi connectivity index (χ1v) is 8.87. The molecule has 0 aliphatic heterocycles. The van der Waals surface area contributed by atoms with Crippen molar-refractivity contribution in [2.75, 3.05) is 0 Å². The van der Waals surface area contributed by atoms with E-state index in [1.807, 2.05) is 12.1 Å². The van der Waals surface area contributed by atoms with Gasteiger partial charge in [0.15, 0.2) is 0 Å². The van der Waals surface area contributed by atoms with Crippen LogP contribution in [0.5, 0.6) is 0 Å². The smallest absolute Gasteiger partial charge is 0.303 e. The molecule has 1 heterocycles. The maximum Gasteiger partial charge on any atom is 0.303 e. The van der Waals surface area contributed by atoms with Gasteiger partial charge in [0.05, 0.1) is 18.1 Å². The van der Waals surface area contributed by atoms with Crippen molar-refractivity contribution in [2.45, 2.75) is 38.0 Å². The van der Waals surface area contributed by atoms with Gasteiger partial charge in [-0.3, -0.25) is 9.78 Å². The minimum atomic E-state index is -0.687. The minimum Gasteiger partial charge on any atom is -0.481 e. The zero-order chi connectivity index (χ0) is 17.8. The van der Waals surface area contributed by atoms with Crippen molar-refractivity contribution >= 4 is 23.2 Å². The van der Waals surface area contributed by atoms with E-state index in [1.54, 1.807) is 12.4 Å². The fourth-order valence-electron chi connectivity index (χ4n) is 3.50. The Morgan fingerprint density at radius 2 is 1.84 bits per heavy atom. The molecule has 5 nitrogen and oxygen atoms in total. The zero-order valence-electron chi connectivity index (χ0n) is 13.9. The average Bonchev–Trinajstić information content (AvgIpc) is 2.62. The third-order valence-electron chi connectivity index (χ3n) is 4.87. The van der Waals surface area contributed by atoms with Crippen molar-refractivity contribution in [2.24, 2.45) is 11.7 Å². The summed E-state index contributed by atoms with van der Waals surface area (Å²) in [4.78, 5) is 19.7. The van der Waals surface area contributed by atoms with Crippen molar-refractivity contribution in [3.05, 3.63) is 47.9 Å². The number of thiocarbonyl (C=S) groups is 1. The van der Waals surface area contributed by atoms with E-state index < -0.39 is 5.97 Å². The first-order chi connectivity index (χ1) is 12.0. The normalized spacial score (nSPS) is 20.2. The Hall–Kier alpha value is -2.34. The average molecular weight is 355 g/mol. The number of aliphatic carboxylic acids is 1. The van der Waals surface area contributed by atoms with Crippen molar-refractivity contribution in [1.29, 1.82) is 0 Å². The molecule has 1 aromatic heterocycles. The molecule has 0 atom stereocenters. The first kappa shape index (κ1) is 17.5. The third-order valence-corrected chi connectivity index (χ3v) is 5.08. The second-order valence-electron chi connectivity index (χ2n) is 6.59. The number of hydrogen-bond acceptors (Lipinski definition) is 4. The van der Waals surface area contributed by atoms with E-state index in [4.69, 9.17) is 23.1 Å². The quantitative estimate of drug-likeness (QED) is 0.798. The van der Waals surface area contributed by atoms with Crippen LogP contribution in [0.4, 0.5) is 0 Å². The van der Waals surface area contributed by atoms with Crippen LogP contribution in [0.1, 0.15) is 49.3 Å². The van der Waals surface area contributed by atoms with Crippen LogP contribution in [0.25, 0.3) is 11.3 Å². The van der Waals surface area contributed by atoms with Crippen molar-refractivity contribution < 1.29 is 9.90 Å². The summed E-state index contributed by atoms with van der Waals surface area (Å²) in [5, 5.41) is 8.91. The van der Waals surface area contributed by atoms with Crippen LogP contribution in [0.2, 0.25) is 0 Å². The van der Waals surface area contributed by atoms with Gasteiger partial charge in [-0.25, -0.2) is 4.98 Å². The Morgan fingerprint density at radius 1 is 1.16 bits per heavy atom. The molecule has 0 unspecified atom stereocenters. The maximum atomic E-state index is 10.8. The molecular formula is C19H21N3O2S. The number of carboxylic acids is 1. The predicted octanol–water partition coefficient (Wildman–Crippen LogP) is 3.53. The number of nitrogens with two attached hydrogens (primary N) is 1. The molecular weight excluding hydrogens is 334 g/mol. The Balaban J connectivity index is 1.68. The molecule has 3 rings (SSSR count). The fraction of sp³-hybridized carbons (Fsp3) is 0.368. The van der Waals surface area contributed by atoms with Gasteiger partial charge >= 0.3 is 5.97 Å². The maximum absolute atomic E-state index is 10.8. The zero-order valence-corrected chi connectivity index (χ0v) is 14.7. The largest absolute Gasteiger partial charge is 0.481 e. The van der Waals surface area contributed by atoms with Gasteiger partial charge in [0, 0.05) is 12.0 Å². The number of hydrogen-bond donors (Lipinski definition) is 2. The van der Waals surface area contributed by atoms with Crippen molar-refractivity contribution in [3.8, 4) is 11.3 Å². The second-order valence-corrected chi connectivity index (χ2v) is 7.03. The second kappa shape index (κ2) is 7.70. The molecule has 0 spiro atoms. The summed E-state index contributed by atoms with van der Waals surface area (Å²) in [6, 6.07) is 8.36. The Morgan fingerprint density at radius 3 is 2.44 bits per heavy atom. The SMILES string of the molecule is NC(=S)c1cncc(-c2ccc([C@H]3CC[C@H](CC(=O)O)CC3)cc2)n1. The van der Waals surface area contributed by atoms with E-state index in [-0.39, 0.29) is 4.99 Å². The molecule has 1 fully saturated rings. The van der Waals surface area contributed by atoms with Crippen molar-refractivity contribution in [3.63, 3.8) is 0 Å². The van der Waals surface area contributed by atoms with Crippen molar-refractivity contribution in [1.82, 2.24) is 9.97 Å². The molecule has 3 N–H and O–H groups in total. The first-order valence-electron chi connectivity index (χ1n) is 8.47. The van der Waals surface area contributed by atoms with Gasteiger partial charge in [-0.15, -0.1) is 0 Å². The molecule has 1 aliphatic carbocycles. The number of aromatic nitrogens is 2. The summed E-state index contributed by atoms with van der Waals surface area (Å²) in [5.41, 5.74) is 9.17.